The molecule has 3 aliphatic rings. The monoisotopic (exact) mass is 809 g/mol. The van der Waals surface area contributed by atoms with Crippen molar-refractivity contribution in [1.29, 1.82) is 0 Å². The van der Waals surface area contributed by atoms with Crippen LogP contribution in [0.1, 0.15) is 66.2 Å². The van der Waals surface area contributed by atoms with Gasteiger partial charge >= 0.3 is 6.09 Å². The number of carbonyl (C=O) groups excluding carboxylic acids is 3. The van der Waals surface area contributed by atoms with E-state index in [1.54, 1.807) is 75.2 Å². The van der Waals surface area contributed by atoms with Crippen molar-refractivity contribution in [2.45, 2.75) is 57.5 Å². The van der Waals surface area contributed by atoms with Crippen LogP contribution in [0.5, 0.6) is 23.0 Å². The van der Waals surface area contributed by atoms with Crippen molar-refractivity contribution in [3.05, 3.63) is 59.7 Å². The molecule has 0 bridgehead atoms. The summed E-state index contributed by atoms with van der Waals surface area (Å²) >= 11 is 0. The number of ether oxygens (including phenoxy) is 5. The molecule has 2 saturated heterocycles. The van der Waals surface area contributed by atoms with Gasteiger partial charge in [-0.05, 0) is 50.7 Å². The first-order chi connectivity index (χ1) is 27.2. The lowest BCUT2D eigenvalue weighted by molar-refractivity contribution is 0.0767. The smallest absolute Gasteiger partial charge is 0.411 e. The quantitative estimate of drug-likeness (QED) is 0.0464. The van der Waals surface area contributed by atoms with Crippen molar-refractivity contribution in [3.63, 3.8) is 0 Å². The average Bonchev–Trinajstić information content (AvgIpc) is 3.74. The van der Waals surface area contributed by atoms with Crippen LogP contribution in [0.15, 0.2) is 58.7 Å². The van der Waals surface area contributed by atoms with Crippen molar-refractivity contribution >= 4 is 63.3 Å². The van der Waals surface area contributed by atoms with Crippen LogP contribution in [-0.4, -0.2) is 118 Å². The van der Waals surface area contributed by atoms with Gasteiger partial charge in [-0.3, -0.25) is 19.9 Å². The highest BCUT2D eigenvalue weighted by Crippen LogP contribution is 2.39. The molecule has 0 saturated carbocycles. The van der Waals surface area contributed by atoms with E-state index in [1.807, 2.05) is 0 Å². The molecule has 2 fully saturated rings. The van der Waals surface area contributed by atoms with Gasteiger partial charge in [0.1, 0.15) is 7.11 Å². The number of nitrogens with zero attached hydrogens (tertiary/aromatic N) is 4. The van der Waals surface area contributed by atoms with Crippen LogP contribution in [0.3, 0.4) is 0 Å². The van der Waals surface area contributed by atoms with E-state index >= 15 is 0 Å². The van der Waals surface area contributed by atoms with Crippen LogP contribution in [-0.2, 0) is 9.57 Å². The fourth-order valence-electron chi connectivity index (χ4n) is 6.50. The van der Waals surface area contributed by atoms with Gasteiger partial charge in [0.25, 0.3) is 11.8 Å². The SMILES string of the molecule is C=C1C[C@H]2C=Nc3cc(OCCCCCOc4cc(NC(=O)OCCCSSCC)c(C(=O)N5CC(=C)C[C@H]5/C=N/OC)cc4OC)c(OC)cc3C(=O)N2C1. The molecule has 5 rings (SSSR count). The van der Waals surface area contributed by atoms with Gasteiger partial charge in [-0.25, -0.2) is 4.79 Å². The molecule has 0 aliphatic carbocycles. The molecule has 302 valence electrons. The van der Waals surface area contributed by atoms with Crippen LogP contribution >= 0.6 is 21.6 Å². The largest absolute Gasteiger partial charge is 0.493 e. The number of benzene rings is 2. The Bertz CT molecular complexity index is 1820. The van der Waals surface area contributed by atoms with Gasteiger partial charge in [-0.2, -0.15) is 0 Å². The number of fused-ring (bicyclic) bond motifs is 2. The number of aliphatic imine (C=N–C) groups is 1. The minimum atomic E-state index is -0.678. The van der Waals surface area contributed by atoms with E-state index in [-0.39, 0.29) is 41.8 Å². The molecule has 2 aromatic carbocycles. The Morgan fingerprint density at radius 1 is 0.911 bits per heavy atom. The molecule has 0 radical (unpaired) electrons. The normalized spacial score (nSPS) is 17.5. The maximum Gasteiger partial charge on any atom is 0.411 e. The van der Waals surface area contributed by atoms with Crippen molar-refractivity contribution in [3.8, 4) is 23.0 Å². The van der Waals surface area contributed by atoms with Crippen LogP contribution in [0.2, 0.25) is 0 Å². The Hall–Kier alpha value is -4.83. The van der Waals surface area contributed by atoms with E-state index in [1.165, 1.54) is 14.2 Å². The topological polar surface area (TPSA) is 150 Å². The van der Waals surface area contributed by atoms with E-state index in [2.05, 4.69) is 35.5 Å². The first-order valence-corrected chi connectivity index (χ1v) is 21.1. The molecule has 14 nitrogen and oxygen atoms in total. The molecule has 1 N–H and O–H groups in total. The number of likely N-dealkylation sites (tertiary alicyclic amines) is 1. The number of oxime groups is 1. The zero-order valence-corrected chi connectivity index (χ0v) is 34.1. The number of methoxy groups -OCH3 is 2. The second-order valence-corrected chi connectivity index (χ2v) is 16.2. The van der Waals surface area contributed by atoms with Crippen molar-refractivity contribution in [2.75, 3.05) is 71.1 Å². The van der Waals surface area contributed by atoms with Crippen molar-refractivity contribution < 1.29 is 42.9 Å². The number of carbonyl (C=O) groups is 3. The van der Waals surface area contributed by atoms with E-state index in [0.717, 1.165) is 35.5 Å². The molecule has 2 atom stereocenters. The highest BCUT2D eigenvalue weighted by atomic mass is 33.1. The first-order valence-electron chi connectivity index (χ1n) is 18.6. The van der Waals surface area contributed by atoms with Crippen molar-refractivity contribution in [1.82, 2.24) is 9.80 Å². The van der Waals surface area contributed by atoms with Crippen LogP contribution < -0.4 is 24.3 Å². The Morgan fingerprint density at radius 2 is 1.62 bits per heavy atom. The third kappa shape index (κ3) is 10.9. The molecule has 0 unspecified atom stereocenters. The highest BCUT2D eigenvalue weighted by molar-refractivity contribution is 8.76. The lowest BCUT2D eigenvalue weighted by atomic mass is 10.1. The third-order valence-electron chi connectivity index (χ3n) is 9.22. The number of hydrogen-bond donors (Lipinski definition) is 1. The van der Waals surface area contributed by atoms with Gasteiger partial charge in [-0.15, -0.1) is 0 Å². The lowest BCUT2D eigenvalue weighted by Gasteiger charge is -2.23. The molecular formula is C40H51N5O9S2. The number of unbranched alkanes of at least 4 members (excludes halogenated alkanes) is 2. The van der Waals surface area contributed by atoms with E-state index < -0.39 is 6.09 Å². The summed E-state index contributed by atoms with van der Waals surface area (Å²) in [5, 5.41) is 6.64. The van der Waals surface area contributed by atoms with E-state index in [0.29, 0.717) is 86.2 Å². The molecule has 0 spiro atoms. The van der Waals surface area contributed by atoms with Gasteiger partial charge in [0, 0.05) is 42.9 Å². The van der Waals surface area contributed by atoms with Gasteiger partial charge in [0.15, 0.2) is 23.0 Å². The Labute approximate surface area is 336 Å². The number of anilines is 1. The summed E-state index contributed by atoms with van der Waals surface area (Å²) < 4.78 is 28.9. The molecule has 3 aliphatic heterocycles. The summed E-state index contributed by atoms with van der Waals surface area (Å²) in [6.07, 6.45) is 6.81. The first kappa shape index (κ1) is 42.3. The number of amides is 3. The number of nitrogens with one attached hydrogen (secondary N) is 1. The standard InChI is InChI=1S/C40H51N5O9S2/c1-7-55-56-15-11-14-54-40(48)43-33-21-37(35(50-5)19-31(33)39(47)45-25-27(3)17-29(45)23-42-51-6)53-13-10-8-9-12-52-36-20-32-30(18-34(36)49-4)38(46)44-24-26(2)16-28(44)22-41-32/h18-23,28-29H,2-3,7-17,24-25H2,1,4-6H3,(H,43,48)/b42-23+/t28-,29-/m0/s1. The highest BCUT2D eigenvalue weighted by Gasteiger charge is 2.35. The predicted molar refractivity (Wildman–Crippen MR) is 222 cm³/mol. The Morgan fingerprint density at radius 3 is 2.34 bits per heavy atom. The number of hydrogen-bond acceptors (Lipinski definition) is 13. The zero-order valence-electron chi connectivity index (χ0n) is 32.5. The van der Waals surface area contributed by atoms with Gasteiger partial charge in [0.05, 0.1) is 74.8 Å². The molecular weight excluding hydrogens is 759 g/mol. The molecule has 56 heavy (non-hydrogen) atoms. The molecule has 3 amide bonds. The van der Waals surface area contributed by atoms with Gasteiger partial charge in [-0.1, -0.05) is 58.0 Å². The molecule has 16 heteroatoms. The third-order valence-corrected chi connectivity index (χ3v) is 11.8. The van der Waals surface area contributed by atoms with Crippen LogP contribution in [0, 0.1) is 0 Å². The summed E-state index contributed by atoms with van der Waals surface area (Å²) in [5.41, 5.74) is 3.33. The fraction of sp³-hybridized carbons (Fsp3) is 0.475. The fourth-order valence-corrected chi connectivity index (χ4v) is 8.23. The zero-order chi connectivity index (χ0) is 40.0. The van der Waals surface area contributed by atoms with Gasteiger partial charge in [0.2, 0.25) is 0 Å². The minimum Gasteiger partial charge on any atom is -0.493 e. The maximum atomic E-state index is 14.0. The summed E-state index contributed by atoms with van der Waals surface area (Å²) in [5.74, 6) is 3.09. The van der Waals surface area contributed by atoms with Crippen LogP contribution in [0.25, 0.3) is 0 Å². The maximum absolute atomic E-state index is 14.0. The number of rotatable bonds is 20. The minimum absolute atomic E-state index is 0.0986. The lowest BCUT2D eigenvalue weighted by Crippen LogP contribution is -2.37. The predicted octanol–water partition coefficient (Wildman–Crippen LogP) is 7.56. The summed E-state index contributed by atoms with van der Waals surface area (Å²) in [7, 11) is 7.97. The molecule has 3 heterocycles. The van der Waals surface area contributed by atoms with E-state index in [4.69, 9.17) is 28.5 Å². The van der Waals surface area contributed by atoms with Gasteiger partial charge < -0.3 is 38.3 Å². The molecule has 0 aromatic heterocycles. The van der Waals surface area contributed by atoms with E-state index in [9.17, 15) is 14.4 Å². The Kier molecular flexibility index (Phi) is 15.8. The average molecular weight is 810 g/mol. The summed E-state index contributed by atoms with van der Waals surface area (Å²) in [6, 6.07) is 6.14. The second kappa shape index (κ2) is 20.9. The van der Waals surface area contributed by atoms with Crippen molar-refractivity contribution in [2.24, 2.45) is 10.1 Å². The molecule has 2 aromatic rings. The summed E-state index contributed by atoms with van der Waals surface area (Å²) in [6.45, 7) is 12.0. The Balaban J connectivity index is 1.20. The summed E-state index contributed by atoms with van der Waals surface area (Å²) in [4.78, 5) is 53.1. The van der Waals surface area contributed by atoms with Crippen LogP contribution in [0.4, 0.5) is 16.2 Å². The second-order valence-electron chi connectivity index (χ2n) is 13.3.